The Labute approximate surface area is 138 Å². The van der Waals surface area contributed by atoms with Crippen molar-refractivity contribution in [3.8, 4) is 0 Å². The van der Waals surface area contributed by atoms with Crippen molar-refractivity contribution in [2.45, 2.75) is 63.5 Å². The average Bonchev–Trinajstić information content (AvgIpc) is 3.01. The number of morpholine rings is 1. The van der Waals surface area contributed by atoms with E-state index >= 15 is 0 Å². The third-order valence-corrected chi connectivity index (χ3v) is 6.43. The molecule has 5 nitrogen and oxygen atoms in total. The minimum atomic E-state index is -0.300. The molecule has 2 saturated heterocycles. The molecule has 4 rings (SSSR count). The van der Waals surface area contributed by atoms with Gasteiger partial charge in [0.2, 0.25) is 11.8 Å². The van der Waals surface area contributed by atoms with E-state index in [1.165, 1.54) is 44.9 Å². The van der Waals surface area contributed by atoms with Crippen LogP contribution in [-0.2, 0) is 14.3 Å². The second-order valence-corrected chi connectivity index (χ2v) is 7.56. The summed E-state index contributed by atoms with van der Waals surface area (Å²) < 4.78 is 5.53. The zero-order chi connectivity index (χ0) is 15.9. The van der Waals surface area contributed by atoms with Gasteiger partial charge in [0.05, 0.1) is 13.2 Å². The SMILES string of the molecule is O=C1CCC(=O)N1C1(N2CCOCC2)C2CCCCCCCC21. The van der Waals surface area contributed by atoms with Gasteiger partial charge in [0.1, 0.15) is 5.66 Å². The predicted octanol–water partition coefficient (Wildman–Crippen LogP) is 2.15. The van der Waals surface area contributed by atoms with Crippen molar-refractivity contribution in [2.75, 3.05) is 26.3 Å². The van der Waals surface area contributed by atoms with E-state index in [9.17, 15) is 9.59 Å². The summed E-state index contributed by atoms with van der Waals surface area (Å²) in [4.78, 5) is 29.2. The van der Waals surface area contributed by atoms with Gasteiger partial charge in [-0.25, -0.2) is 0 Å². The maximum absolute atomic E-state index is 12.5. The predicted molar refractivity (Wildman–Crippen MR) is 85.5 cm³/mol. The molecular formula is C18H28N2O3. The zero-order valence-corrected chi connectivity index (χ0v) is 14.0. The highest BCUT2D eigenvalue weighted by Crippen LogP contribution is 2.62. The third-order valence-electron chi connectivity index (χ3n) is 6.43. The Bertz CT molecular complexity index is 457. The normalized spacial score (nSPS) is 39.6. The highest BCUT2D eigenvalue weighted by molar-refractivity contribution is 6.03. The van der Waals surface area contributed by atoms with Crippen molar-refractivity contribution < 1.29 is 14.3 Å². The lowest BCUT2D eigenvalue weighted by Gasteiger charge is -2.41. The Morgan fingerprint density at radius 1 is 0.826 bits per heavy atom. The van der Waals surface area contributed by atoms with Gasteiger partial charge >= 0.3 is 0 Å². The number of amides is 2. The summed E-state index contributed by atoms with van der Waals surface area (Å²) in [6.45, 7) is 3.14. The Hall–Kier alpha value is -0.940. The molecule has 0 aromatic carbocycles. The van der Waals surface area contributed by atoms with Crippen LogP contribution in [0.5, 0.6) is 0 Å². The van der Waals surface area contributed by atoms with Gasteiger partial charge in [-0.1, -0.05) is 32.1 Å². The fourth-order valence-corrected chi connectivity index (χ4v) is 5.43. The topological polar surface area (TPSA) is 49.9 Å². The molecule has 0 N–H and O–H groups in total. The number of carbonyl (C=O) groups excluding carboxylic acids is 2. The summed E-state index contributed by atoms with van der Waals surface area (Å²) in [6, 6.07) is 0. The van der Waals surface area contributed by atoms with Gasteiger partial charge in [0, 0.05) is 37.8 Å². The maximum Gasteiger partial charge on any atom is 0.231 e. The largest absolute Gasteiger partial charge is 0.379 e. The van der Waals surface area contributed by atoms with Gasteiger partial charge in [-0.2, -0.15) is 0 Å². The lowest BCUT2D eigenvalue weighted by atomic mass is 10.1. The lowest BCUT2D eigenvalue weighted by Crippen LogP contribution is -2.58. The van der Waals surface area contributed by atoms with Crippen LogP contribution < -0.4 is 0 Å². The summed E-state index contributed by atoms with van der Waals surface area (Å²) >= 11 is 0. The molecule has 5 heteroatoms. The quantitative estimate of drug-likeness (QED) is 0.732. The molecule has 128 valence electrons. The van der Waals surface area contributed by atoms with Gasteiger partial charge in [-0.3, -0.25) is 19.4 Å². The lowest BCUT2D eigenvalue weighted by molar-refractivity contribution is -0.153. The van der Waals surface area contributed by atoms with Crippen molar-refractivity contribution >= 4 is 11.8 Å². The zero-order valence-electron chi connectivity index (χ0n) is 14.0. The molecule has 2 unspecified atom stereocenters. The molecule has 0 spiro atoms. The highest BCUT2D eigenvalue weighted by Gasteiger charge is 2.72. The van der Waals surface area contributed by atoms with E-state index < -0.39 is 0 Å². The Balaban J connectivity index is 1.67. The molecule has 0 aromatic rings. The molecule has 2 amide bonds. The van der Waals surface area contributed by atoms with Crippen molar-refractivity contribution in [1.29, 1.82) is 0 Å². The molecule has 0 radical (unpaired) electrons. The summed E-state index contributed by atoms with van der Waals surface area (Å²) in [6.07, 6.45) is 9.56. The van der Waals surface area contributed by atoms with Crippen molar-refractivity contribution in [2.24, 2.45) is 11.8 Å². The Kier molecular flexibility index (Phi) is 4.18. The first-order valence-corrected chi connectivity index (χ1v) is 9.45. The molecule has 0 bridgehead atoms. The molecule has 0 aromatic heterocycles. The number of rotatable bonds is 2. The van der Waals surface area contributed by atoms with Gasteiger partial charge in [-0.15, -0.1) is 0 Å². The van der Waals surface area contributed by atoms with Crippen molar-refractivity contribution in [3.05, 3.63) is 0 Å². The molecule has 2 heterocycles. The summed E-state index contributed by atoms with van der Waals surface area (Å²) in [7, 11) is 0. The number of ether oxygens (including phenoxy) is 1. The van der Waals surface area contributed by atoms with Crippen LogP contribution in [0.15, 0.2) is 0 Å². The van der Waals surface area contributed by atoms with E-state index in [1.807, 2.05) is 0 Å². The van der Waals surface area contributed by atoms with Gasteiger partial charge < -0.3 is 4.74 Å². The summed E-state index contributed by atoms with van der Waals surface area (Å²) in [5.74, 6) is 1.10. The minimum absolute atomic E-state index is 0.0612. The molecule has 23 heavy (non-hydrogen) atoms. The van der Waals surface area contributed by atoms with Gasteiger partial charge in [0.25, 0.3) is 0 Å². The average molecular weight is 320 g/mol. The number of nitrogens with zero attached hydrogens (tertiary/aromatic N) is 2. The number of fused-ring (bicyclic) bond motifs is 1. The standard InChI is InChI=1S/C18H28N2O3/c21-16-8-9-17(22)20(16)18(19-10-12-23-13-11-19)14-6-4-2-1-3-5-7-15(14)18/h14-15H,1-13H2. The van der Waals surface area contributed by atoms with E-state index in [-0.39, 0.29) is 17.5 Å². The highest BCUT2D eigenvalue weighted by atomic mass is 16.5. The molecule has 4 aliphatic rings. The van der Waals surface area contributed by atoms with E-state index in [2.05, 4.69) is 4.90 Å². The van der Waals surface area contributed by atoms with Crippen molar-refractivity contribution in [1.82, 2.24) is 9.80 Å². The third kappa shape index (κ3) is 2.43. The van der Waals surface area contributed by atoms with E-state index in [1.54, 1.807) is 4.90 Å². The Morgan fingerprint density at radius 2 is 1.35 bits per heavy atom. The number of imide groups is 1. The van der Waals surface area contributed by atoms with Crippen molar-refractivity contribution in [3.63, 3.8) is 0 Å². The fourth-order valence-electron chi connectivity index (χ4n) is 5.43. The molecule has 4 fully saturated rings. The van der Waals surface area contributed by atoms with Crippen LogP contribution in [0.4, 0.5) is 0 Å². The number of hydrogen-bond donors (Lipinski definition) is 0. The van der Waals surface area contributed by atoms with Crippen LogP contribution >= 0.6 is 0 Å². The van der Waals surface area contributed by atoms with Gasteiger partial charge in [-0.05, 0) is 12.8 Å². The molecular weight excluding hydrogens is 292 g/mol. The van der Waals surface area contributed by atoms with Crippen LogP contribution in [0, 0.1) is 11.8 Å². The minimum Gasteiger partial charge on any atom is -0.379 e. The number of hydrogen-bond acceptors (Lipinski definition) is 4. The number of likely N-dealkylation sites (tertiary alicyclic amines) is 1. The monoisotopic (exact) mass is 320 g/mol. The van der Waals surface area contributed by atoms with E-state index in [0.29, 0.717) is 24.7 Å². The van der Waals surface area contributed by atoms with Crippen LogP contribution in [0.3, 0.4) is 0 Å². The fraction of sp³-hybridized carbons (Fsp3) is 0.889. The summed E-state index contributed by atoms with van der Waals surface area (Å²) in [5, 5.41) is 0. The Morgan fingerprint density at radius 3 is 1.91 bits per heavy atom. The second-order valence-electron chi connectivity index (χ2n) is 7.56. The van der Waals surface area contributed by atoms with Crippen LogP contribution in [-0.4, -0.2) is 53.6 Å². The molecule has 2 aliphatic heterocycles. The van der Waals surface area contributed by atoms with Crippen LogP contribution in [0.1, 0.15) is 57.8 Å². The molecule has 2 atom stereocenters. The smallest absolute Gasteiger partial charge is 0.231 e. The number of carbonyl (C=O) groups is 2. The van der Waals surface area contributed by atoms with Gasteiger partial charge in [0.15, 0.2) is 0 Å². The molecule has 2 saturated carbocycles. The van der Waals surface area contributed by atoms with E-state index in [4.69, 9.17) is 4.74 Å². The summed E-state index contributed by atoms with van der Waals surface area (Å²) in [5.41, 5.74) is -0.300. The maximum atomic E-state index is 12.5. The first kappa shape index (κ1) is 15.6. The second kappa shape index (κ2) is 6.17. The first-order chi connectivity index (χ1) is 11.3. The van der Waals surface area contributed by atoms with E-state index in [0.717, 1.165) is 26.3 Å². The first-order valence-electron chi connectivity index (χ1n) is 9.45. The van der Waals surface area contributed by atoms with Crippen LogP contribution in [0.25, 0.3) is 0 Å². The molecule has 2 aliphatic carbocycles. The van der Waals surface area contributed by atoms with Crippen LogP contribution in [0.2, 0.25) is 0 Å².